The van der Waals surface area contributed by atoms with Gasteiger partial charge in [0.25, 0.3) is 0 Å². The summed E-state index contributed by atoms with van der Waals surface area (Å²) >= 11 is 0. The van der Waals surface area contributed by atoms with Crippen LogP contribution >= 0.6 is 0 Å². The van der Waals surface area contributed by atoms with Crippen molar-refractivity contribution in [3.05, 3.63) is 76.7 Å². The molecule has 0 aliphatic heterocycles. The number of azide groups is 1. The van der Waals surface area contributed by atoms with Crippen LogP contribution in [0.15, 0.2) is 65.8 Å². The number of hydrogen-bond acceptors (Lipinski definition) is 2. The minimum absolute atomic E-state index is 0.244. The first-order valence-electron chi connectivity index (χ1n) is 5.98. The lowest BCUT2D eigenvalue weighted by molar-refractivity contribution is -0.111. The van der Waals surface area contributed by atoms with E-state index in [4.69, 9.17) is 5.53 Å². The SMILES string of the molecule is [N-]=[N+]=Nc1ccccc1/C=C/C(=O)Nc1ccccc1. The number of para-hydroxylation sites is 1. The van der Waals surface area contributed by atoms with E-state index in [1.807, 2.05) is 24.3 Å². The number of nitrogens with zero attached hydrogens (tertiary/aromatic N) is 3. The van der Waals surface area contributed by atoms with Gasteiger partial charge >= 0.3 is 0 Å². The van der Waals surface area contributed by atoms with Gasteiger partial charge in [-0.25, -0.2) is 0 Å². The van der Waals surface area contributed by atoms with E-state index in [9.17, 15) is 4.79 Å². The minimum atomic E-state index is -0.244. The van der Waals surface area contributed by atoms with Gasteiger partial charge < -0.3 is 5.32 Å². The molecule has 0 heterocycles. The van der Waals surface area contributed by atoms with E-state index in [2.05, 4.69) is 15.3 Å². The van der Waals surface area contributed by atoms with E-state index in [1.165, 1.54) is 6.08 Å². The number of amides is 1. The van der Waals surface area contributed by atoms with Crippen LogP contribution < -0.4 is 5.32 Å². The molecule has 0 aliphatic carbocycles. The molecule has 0 saturated heterocycles. The summed E-state index contributed by atoms with van der Waals surface area (Å²) in [6.07, 6.45) is 3.01. The third-order valence-electron chi connectivity index (χ3n) is 2.54. The van der Waals surface area contributed by atoms with Crippen molar-refractivity contribution in [1.29, 1.82) is 0 Å². The van der Waals surface area contributed by atoms with Gasteiger partial charge in [-0.1, -0.05) is 47.6 Å². The Morgan fingerprint density at radius 3 is 2.55 bits per heavy atom. The fraction of sp³-hybridized carbons (Fsp3) is 0. The predicted octanol–water partition coefficient (Wildman–Crippen LogP) is 4.28. The minimum Gasteiger partial charge on any atom is -0.323 e. The smallest absolute Gasteiger partial charge is 0.248 e. The summed E-state index contributed by atoms with van der Waals surface area (Å²) in [5.41, 5.74) is 10.4. The largest absolute Gasteiger partial charge is 0.323 e. The maximum Gasteiger partial charge on any atom is 0.248 e. The average Bonchev–Trinajstić information content (AvgIpc) is 2.48. The van der Waals surface area contributed by atoms with Gasteiger partial charge in [0.2, 0.25) is 5.91 Å². The summed E-state index contributed by atoms with van der Waals surface area (Å²) in [4.78, 5) is 14.5. The van der Waals surface area contributed by atoms with Crippen molar-refractivity contribution < 1.29 is 4.79 Å². The molecular formula is C15H12N4O. The summed E-state index contributed by atoms with van der Waals surface area (Å²) in [6, 6.07) is 16.2. The van der Waals surface area contributed by atoms with Crippen LogP contribution in [0, 0.1) is 0 Å². The third-order valence-corrected chi connectivity index (χ3v) is 2.54. The van der Waals surface area contributed by atoms with Gasteiger partial charge in [-0.3, -0.25) is 4.79 Å². The van der Waals surface area contributed by atoms with Crippen LogP contribution in [0.1, 0.15) is 5.56 Å². The van der Waals surface area contributed by atoms with Crippen LogP contribution in [0.25, 0.3) is 16.5 Å². The molecule has 5 nitrogen and oxygen atoms in total. The molecule has 1 amide bonds. The zero-order chi connectivity index (χ0) is 14.2. The first-order chi connectivity index (χ1) is 9.79. The Balaban J connectivity index is 2.10. The van der Waals surface area contributed by atoms with Crippen LogP contribution in [0.5, 0.6) is 0 Å². The normalized spacial score (nSPS) is 10.0. The first kappa shape index (κ1) is 13.4. The van der Waals surface area contributed by atoms with Gasteiger partial charge in [0.15, 0.2) is 0 Å². The molecule has 2 aromatic rings. The number of rotatable bonds is 4. The van der Waals surface area contributed by atoms with Crippen molar-refractivity contribution in [2.45, 2.75) is 0 Å². The molecule has 0 aliphatic rings. The summed E-state index contributed by atoms with van der Waals surface area (Å²) < 4.78 is 0. The van der Waals surface area contributed by atoms with Crippen LogP contribution in [-0.2, 0) is 4.79 Å². The Hall–Kier alpha value is -3.04. The zero-order valence-electron chi connectivity index (χ0n) is 10.6. The fourth-order valence-electron chi connectivity index (χ4n) is 1.64. The Bertz CT molecular complexity index is 673. The predicted molar refractivity (Wildman–Crippen MR) is 79.4 cm³/mol. The van der Waals surface area contributed by atoms with E-state index in [0.29, 0.717) is 11.3 Å². The van der Waals surface area contributed by atoms with E-state index < -0.39 is 0 Å². The van der Waals surface area contributed by atoms with E-state index >= 15 is 0 Å². The highest BCUT2D eigenvalue weighted by atomic mass is 16.1. The molecule has 98 valence electrons. The number of anilines is 1. The molecule has 0 atom stereocenters. The molecule has 5 heteroatoms. The highest BCUT2D eigenvalue weighted by Crippen LogP contribution is 2.20. The number of hydrogen-bond donors (Lipinski definition) is 1. The molecule has 2 rings (SSSR count). The van der Waals surface area contributed by atoms with E-state index in [1.54, 1.807) is 36.4 Å². The van der Waals surface area contributed by atoms with Crippen LogP contribution in [-0.4, -0.2) is 5.91 Å². The highest BCUT2D eigenvalue weighted by molar-refractivity contribution is 6.02. The molecule has 0 saturated carbocycles. The first-order valence-corrected chi connectivity index (χ1v) is 5.98. The Labute approximate surface area is 116 Å². The van der Waals surface area contributed by atoms with Gasteiger partial charge in [0.1, 0.15) is 0 Å². The maximum atomic E-state index is 11.8. The Morgan fingerprint density at radius 1 is 1.10 bits per heavy atom. The van der Waals surface area contributed by atoms with Crippen molar-refractivity contribution in [2.24, 2.45) is 5.11 Å². The quantitative estimate of drug-likeness (QED) is 0.380. The molecule has 0 aromatic heterocycles. The Morgan fingerprint density at radius 2 is 1.80 bits per heavy atom. The van der Waals surface area contributed by atoms with Crippen LogP contribution in [0.2, 0.25) is 0 Å². The van der Waals surface area contributed by atoms with Gasteiger partial charge in [-0.05, 0) is 29.3 Å². The van der Waals surface area contributed by atoms with Crippen LogP contribution in [0.4, 0.5) is 11.4 Å². The second-order valence-electron chi connectivity index (χ2n) is 3.94. The number of carbonyl (C=O) groups is 1. The summed E-state index contributed by atoms with van der Waals surface area (Å²) in [5, 5.41) is 6.30. The monoisotopic (exact) mass is 264 g/mol. The lowest BCUT2D eigenvalue weighted by Gasteiger charge is -2.01. The van der Waals surface area contributed by atoms with Crippen molar-refractivity contribution in [1.82, 2.24) is 0 Å². The second kappa shape index (κ2) is 6.78. The van der Waals surface area contributed by atoms with Gasteiger partial charge in [-0.2, -0.15) is 0 Å². The number of carbonyl (C=O) groups excluding carboxylic acids is 1. The molecule has 2 aromatic carbocycles. The fourth-order valence-corrected chi connectivity index (χ4v) is 1.64. The number of benzene rings is 2. The van der Waals surface area contributed by atoms with Crippen molar-refractivity contribution in [3.8, 4) is 0 Å². The standard InChI is InChI=1S/C15H12N4O/c16-19-18-14-9-5-4-6-12(14)10-11-15(20)17-13-7-2-1-3-8-13/h1-11H,(H,17,20)/b11-10+. The molecule has 0 unspecified atom stereocenters. The number of nitrogens with one attached hydrogen (secondary N) is 1. The lowest BCUT2D eigenvalue weighted by atomic mass is 10.1. The van der Waals surface area contributed by atoms with Gasteiger partial charge in [0.05, 0.1) is 0 Å². The van der Waals surface area contributed by atoms with Crippen LogP contribution in [0.3, 0.4) is 0 Å². The topological polar surface area (TPSA) is 77.9 Å². The van der Waals surface area contributed by atoms with Crippen molar-refractivity contribution in [3.63, 3.8) is 0 Å². The summed E-state index contributed by atoms with van der Waals surface area (Å²) in [7, 11) is 0. The molecule has 20 heavy (non-hydrogen) atoms. The highest BCUT2D eigenvalue weighted by Gasteiger charge is 1.98. The molecule has 0 fully saturated rings. The van der Waals surface area contributed by atoms with Gasteiger partial charge in [0, 0.05) is 22.4 Å². The van der Waals surface area contributed by atoms with E-state index in [-0.39, 0.29) is 5.91 Å². The molecule has 0 spiro atoms. The third kappa shape index (κ3) is 3.73. The maximum absolute atomic E-state index is 11.8. The molecule has 0 bridgehead atoms. The molecule has 1 N–H and O–H groups in total. The Kier molecular flexibility index (Phi) is 4.54. The lowest BCUT2D eigenvalue weighted by Crippen LogP contribution is -2.07. The summed E-state index contributed by atoms with van der Waals surface area (Å²) in [6.45, 7) is 0. The molecule has 0 radical (unpaired) electrons. The molecular weight excluding hydrogens is 252 g/mol. The van der Waals surface area contributed by atoms with Gasteiger partial charge in [-0.15, -0.1) is 0 Å². The van der Waals surface area contributed by atoms with Crippen molar-refractivity contribution in [2.75, 3.05) is 5.32 Å². The average molecular weight is 264 g/mol. The second-order valence-corrected chi connectivity index (χ2v) is 3.94. The summed E-state index contributed by atoms with van der Waals surface area (Å²) in [5.74, 6) is -0.244. The van der Waals surface area contributed by atoms with Crippen molar-refractivity contribution >= 4 is 23.4 Å². The zero-order valence-corrected chi connectivity index (χ0v) is 10.6. The van der Waals surface area contributed by atoms with E-state index in [0.717, 1.165) is 5.69 Å².